The Balaban J connectivity index is 2.52. The monoisotopic (exact) mass is 263 g/mol. The van der Waals surface area contributed by atoms with Gasteiger partial charge in [-0.2, -0.15) is 0 Å². The summed E-state index contributed by atoms with van der Waals surface area (Å²) in [6.07, 6.45) is 3.00. The summed E-state index contributed by atoms with van der Waals surface area (Å²) in [7, 11) is 2.08. The zero-order valence-electron chi connectivity index (χ0n) is 10.5. The number of hydrogen-bond donors (Lipinski definition) is 0. The van der Waals surface area contributed by atoms with Gasteiger partial charge < -0.3 is 0 Å². The highest BCUT2D eigenvalue weighted by molar-refractivity contribution is 7.33. The van der Waals surface area contributed by atoms with Gasteiger partial charge in [0.25, 0.3) is 6.33 Å². The molecule has 0 saturated carbocycles. The molecule has 0 amide bonds. The van der Waals surface area contributed by atoms with Crippen molar-refractivity contribution in [3.05, 3.63) is 22.5 Å². The molecule has 3 heterocycles. The summed E-state index contributed by atoms with van der Waals surface area (Å²) in [6.45, 7) is 6.62. The van der Waals surface area contributed by atoms with Crippen molar-refractivity contribution in [2.24, 2.45) is 7.05 Å². The number of aryl methyl sites for hydroxylation is 4. The van der Waals surface area contributed by atoms with Gasteiger partial charge in [-0.15, -0.1) is 22.7 Å². The molecule has 2 nitrogen and oxygen atoms in total. The van der Waals surface area contributed by atoms with Gasteiger partial charge in [0.1, 0.15) is 10.4 Å². The van der Waals surface area contributed by atoms with Crippen molar-refractivity contribution in [3.63, 3.8) is 0 Å². The van der Waals surface area contributed by atoms with Crippen LogP contribution in [0, 0.1) is 13.8 Å². The van der Waals surface area contributed by atoms with E-state index in [2.05, 4.69) is 37.4 Å². The third-order valence-corrected chi connectivity index (χ3v) is 6.04. The van der Waals surface area contributed by atoms with E-state index in [-0.39, 0.29) is 0 Å². The fourth-order valence-electron chi connectivity index (χ4n) is 2.24. The zero-order valence-corrected chi connectivity index (χ0v) is 12.1. The third-order valence-electron chi connectivity index (χ3n) is 3.35. The lowest BCUT2D eigenvalue weighted by atomic mass is 10.2. The molecular formula is C13H15N2S2+. The van der Waals surface area contributed by atoms with E-state index < -0.39 is 0 Å². The highest BCUT2D eigenvalue weighted by atomic mass is 32.1. The van der Waals surface area contributed by atoms with Crippen LogP contribution in [0.2, 0.25) is 0 Å². The Hall–Kier alpha value is -1.00. The number of thiophene rings is 2. The normalized spacial score (nSPS) is 11.8. The molecule has 3 aromatic rings. The molecule has 17 heavy (non-hydrogen) atoms. The van der Waals surface area contributed by atoms with Crippen molar-refractivity contribution in [3.8, 4) is 0 Å². The van der Waals surface area contributed by atoms with Crippen molar-refractivity contribution < 1.29 is 4.57 Å². The number of aromatic nitrogens is 2. The highest BCUT2D eigenvalue weighted by Crippen LogP contribution is 2.41. The van der Waals surface area contributed by atoms with E-state index in [1.165, 1.54) is 35.8 Å². The minimum Gasteiger partial charge on any atom is -0.236 e. The molecule has 0 bridgehead atoms. The number of nitrogens with zero attached hydrogens (tertiary/aromatic N) is 2. The molecule has 4 heteroatoms. The molecule has 3 rings (SSSR count). The minimum atomic E-state index is 1.06. The second-order valence-electron chi connectivity index (χ2n) is 4.38. The lowest BCUT2D eigenvalue weighted by Gasteiger charge is -1.98. The Morgan fingerprint density at radius 3 is 2.65 bits per heavy atom. The Kier molecular flexibility index (Phi) is 2.45. The van der Waals surface area contributed by atoms with Crippen LogP contribution in [0.15, 0.2) is 6.33 Å². The summed E-state index contributed by atoms with van der Waals surface area (Å²) < 4.78 is 6.30. The maximum atomic E-state index is 4.62. The molecular weight excluding hydrogens is 248 g/mol. The third kappa shape index (κ3) is 1.44. The van der Waals surface area contributed by atoms with Crippen molar-refractivity contribution in [2.75, 3.05) is 0 Å². The van der Waals surface area contributed by atoms with Crippen molar-refractivity contribution in [2.45, 2.75) is 27.2 Å². The SMILES string of the molecule is CCc1c2sc3c(C)c(C)sc3c2nc[n+]1C. The second-order valence-corrected chi connectivity index (χ2v) is 6.62. The molecule has 0 aliphatic heterocycles. The summed E-state index contributed by atoms with van der Waals surface area (Å²) in [4.78, 5) is 6.03. The van der Waals surface area contributed by atoms with Crippen LogP contribution in [0.1, 0.15) is 23.1 Å². The van der Waals surface area contributed by atoms with E-state index in [4.69, 9.17) is 0 Å². The van der Waals surface area contributed by atoms with Crippen molar-refractivity contribution >= 4 is 42.3 Å². The molecule has 0 atom stereocenters. The fraction of sp³-hybridized carbons (Fsp3) is 0.385. The summed E-state index contributed by atoms with van der Waals surface area (Å²) in [6, 6.07) is 0. The Morgan fingerprint density at radius 1 is 1.18 bits per heavy atom. The Morgan fingerprint density at radius 2 is 1.94 bits per heavy atom. The lowest BCUT2D eigenvalue weighted by Crippen LogP contribution is -2.33. The van der Waals surface area contributed by atoms with Gasteiger partial charge in [0.15, 0.2) is 0 Å². The topological polar surface area (TPSA) is 16.8 Å². The smallest absolute Gasteiger partial charge is 0.236 e. The highest BCUT2D eigenvalue weighted by Gasteiger charge is 2.20. The quantitative estimate of drug-likeness (QED) is 0.614. The molecule has 88 valence electrons. The number of hydrogen-bond acceptors (Lipinski definition) is 3. The predicted octanol–water partition coefficient (Wildman–Crippen LogP) is 3.51. The van der Waals surface area contributed by atoms with Gasteiger partial charge in [0.2, 0.25) is 5.52 Å². The van der Waals surface area contributed by atoms with E-state index >= 15 is 0 Å². The van der Waals surface area contributed by atoms with E-state index in [0.29, 0.717) is 0 Å². The van der Waals surface area contributed by atoms with Crippen LogP contribution >= 0.6 is 22.7 Å². The average molecular weight is 263 g/mol. The molecule has 0 radical (unpaired) electrons. The molecule has 0 spiro atoms. The first-order chi connectivity index (χ1) is 8.13. The molecule has 0 saturated heterocycles. The Labute approximate surface area is 109 Å². The maximum absolute atomic E-state index is 4.62. The number of fused-ring (bicyclic) bond motifs is 3. The van der Waals surface area contributed by atoms with Crippen LogP contribution in [-0.4, -0.2) is 4.98 Å². The van der Waals surface area contributed by atoms with Crippen LogP contribution in [0.25, 0.3) is 19.6 Å². The summed E-state index contributed by atoms with van der Waals surface area (Å²) in [5, 5.41) is 0. The first-order valence-electron chi connectivity index (χ1n) is 5.79. The van der Waals surface area contributed by atoms with E-state index in [1.54, 1.807) is 0 Å². The van der Waals surface area contributed by atoms with Crippen LogP contribution in [0.5, 0.6) is 0 Å². The van der Waals surface area contributed by atoms with Crippen LogP contribution in [-0.2, 0) is 13.5 Å². The van der Waals surface area contributed by atoms with Gasteiger partial charge in [-0.25, -0.2) is 4.57 Å². The van der Waals surface area contributed by atoms with E-state index in [1.807, 2.05) is 29.0 Å². The van der Waals surface area contributed by atoms with Gasteiger partial charge in [-0.3, -0.25) is 0 Å². The first-order valence-corrected chi connectivity index (χ1v) is 7.42. The van der Waals surface area contributed by atoms with Crippen LogP contribution in [0.4, 0.5) is 0 Å². The molecule has 0 aliphatic carbocycles. The molecule has 0 fully saturated rings. The predicted molar refractivity (Wildman–Crippen MR) is 75.0 cm³/mol. The summed E-state index contributed by atoms with van der Waals surface area (Å²) in [5.74, 6) is 0. The van der Waals surface area contributed by atoms with Crippen molar-refractivity contribution in [1.82, 2.24) is 4.98 Å². The lowest BCUT2D eigenvalue weighted by molar-refractivity contribution is -0.680. The standard InChI is InChI=1S/C13H15N2S2/c1-5-9-12-10(14-6-15(9)4)13-11(17-12)7(2)8(3)16-13/h6H,5H2,1-4H3/q+1. The summed E-state index contributed by atoms with van der Waals surface area (Å²) in [5.41, 5.74) is 4.01. The first kappa shape index (κ1) is 11.1. The molecule has 0 N–H and O–H groups in total. The van der Waals surface area contributed by atoms with Crippen LogP contribution in [0.3, 0.4) is 0 Å². The summed E-state index contributed by atoms with van der Waals surface area (Å²) >= 11 is 3.78. The van der Waals surface area contributed by atoms with E-state index in [9.17, 15) is 0 Å². The van der Waals surface area contributed by atoms with Crippen LogP contribution < -0.4 is 4.57 Å². The molecule has 0 aliphatic rings. The average Bonchev–Trinajstić information content (AvgIpc) is 2.78. The van der Waals surface area contributed by atoms with Gasteiger partial charge in [0, 0.05) is 11.3 Å². The number of rotatable bonds is 1. The zero-order chi connectivity index (χ0) is 12.2. The van der Waals surface area contributed by atoms with E-state index in [0.717, 1.165) is 6.42 Å². The minimum absolute atomic E-state index is 1.06. The maximum Gasteiger partial charge on any atom is 0.286 e. The van der Waals surface area contributed by atoms with Gasteiger partial charge in [-0.1, -0.05) is 6.92 Å². The van der Waals surface area contributed by atoms with Gasteiger partial charge >= 0.3 is 0 Å². The molecule has 0 aromatic carbocycles. The van der Waals surface area contributed by atoms with Gasteiger partial charge in [0.05, 0.1) is 16.4 Å². The second kappa shape index (κ2) is 3.75. The van der Waals surface area contributed by atoms with Gasteiger partial charge in [-0.05, 0) is 24.4 Å². The largest absolute Gasteiger partial charge is 0.286 e. The van der Waals surface area contributed by atoms with Crippen molar-refractivity contribution in [1.29, 1.82) is 0 Å². The molecule has 0 unspecified atom stereocenters. The molecule has 3 aromatic heterocycles. The Bertz CT molecular complexity index is 722. The fourth-order valence-corrected chi connectivity index (χ4v) is 5.03.